The van der Waals surface area contributed by atoms with Gasteiger partial charge in [0.15, 0.2) is 11.5 Å². The molecule has 0 amide bonds. The summed E-state index contributed by atoms with van der Waals surface area (Å²) >= 11 is 5.26. The van der Waals surface area contributed by atoms with E-state index in [0.717, 1.165) is 28.4 Å². The quantitative estimate of drug-likeness (QED) is 0.921. The molecule has 2 aromatic heterocycles. The van der Waals surface area contributed by atoms with Gasteiger partial charge in [-0.15, -0.1) is 0 Å². The van der Waals surface area contributed by atoms with Crippen molar-refractivity contribution in [3.05, 3.63) is 23.2 Å². The van der Waals surface area contributed by atoms with Gasteiger partial charge in [-0.2, -0.15) is 11.8 Å². The van der Waals surface area contributed by atoms with Gasteiger partial charge in [0.05, 0.1) is 0 Å². The molecule has 0 aromatic carbocycles. The van der Waals surface area contributed by atoms with Crippen molar-refractivity contribution >= 4 is 39.2 Å². The Hall–Kier alpha value is -0.750. The second kappa shape index (κ2) is 5.73. The Morgan fingerprint density at radius 1 is 1.59 bits per heavy atom. The number of hydrogen-bond donors (Lipinski definition) is 1. The smallest absolute Gasteiger partial charge is 0.180 e. The predicted octanol–water partition coefficient (Wildman–Crippen LogP) is 2.90. The summed E-state index contributed by atoms with van der Waals surface area (Å²) in [7, 11) is 0. The number of nitrogens with zero attached hydrogens (tertiary/aromatic N) is 3. The monoisotopic (exact) mass is 314 g/mol. The van der Waals surface area contributed by atoms with E-state index in [9.17, 15) is 0 Å². The zero-order valence-electron chi connectivity index (χ0n) is 9.85. The maximum Gasteiger partial charge on any atom is 0.180 e. The fraction of sp³-hybridized carbons (Fsp3) is 0.455. The number of fused-ring (bicyclic) bond motifs is 1. The maximum atomic E-state index is 4.42. The van der Waals surface area contributed by atoms with Crippen LogP contribution in [0.1, 0.15) is 6.92 Å². The second-order valence-corrected chi connectivity index (χ2v) is 5.73. The maximum absolute atomic E-state index is 4.42. The molecular formula is C11H15BrN4S. The molecule has 0 radical (unpaired) electrons. The van der Waals surface area contributed by atoms with Gasteiger partial charge < -0.3 is 9.72 Å². The molecule has 0 saturated carbocycles. The molecule has 0 fully saturated rings. The van der Waals surface area contributed by atoms with Crippen LogP contribution in [-0.4, -0.2) is 32.9 Å². The molecule has 17 heavy (non-hydrogen) atoms. The molecule has 2 aromatic rings. The van der Waals surface area contributed by atoms with Crippen LogP contribution in [0, 0.1) is 5.92 Å². The van der Waals surface area contributed by atoms with E-state index in [2.05, 4.69) is 44.4 Å². The fourth-order valence-electron chi connectivity index (χ4n) is 1.63. The average Bonchev–Trinajstić information content (AvgIpc) is 2.74. The summed E-state index contributed by atoms with van der Waals surface area (Å²) in [6, 6.07) is 0. The van der Waals surface area contributed by atoms with Crippen molar-refractivity contribution in [2.24, 2.45) is 5.92 Å². The molecule has 4 nitrogen and oxygen atoms in total. The van der Waals surface area contributed by atoms with Crippen molar-refractivity contribution in [3.8, 4) is 0 Å². The third-order valence-corrected chi connectivity index (χ3v) is 3.70. The summed E-state index contributed by atoms with van der Waals surface area (Å²) in [5.41, 5.74) is 0.865. The van der Waals surface area contributed by atoms with E-state index in [-0.39, 0.29) is 0 Å². The summed E-state index contributed by atoms with van der Waals surface area (Å²) in [4.78, 5) is 8.72. The van der Waals surface area contributed by atoms with Crippen LogP contribution in [0.3, 0.4) is 0 Å². The average molecular weight is 315 g/mol. The zero-order chi connectivity index (χ0) is 12.3. The lowest BCUT2D eigenvalue weighted by atomic mass is 10.2. The SMILES string of the molecule is CSCC(C)CNc1nc(Br)cn2ccnc12. The zero-order valence-corrected chi connectivity index (χ0v) is 12.3. The fourth-order valence-corrected chi connectivity index (χ4v) is 2.72. The highest BCUT2D eigenvalue weighted by atomic mass is 79.9. The topological polar surface area (TPSA) is 42.2 Å². The summed E-state index contributed by atoms with van der Waals surface area (Å²) in [6.07, 6.45) is 7.72. The van der Waals surface area contributed by atoms with E-state index in [1.807, 2.05) is 28.6 Å². The molecule has 0 aliphatic carbocycles. The Morgan fingerprint density at radius 3 is 3.18 bits per heavy atom. The number of rotatable bonds is 5. The first-order valence-electron chi connectivity index (χ1n) is 5.42. The minimum absolute atomic E-state index is 0.612. The molecule has 0 saturated heterocycles. The molecule has 6 heteroatoms. The van der Waals surface area contributed by atoms with Crippen LogP contribution in [0.25, 0.3) is 5.65 Å². The highest BCUT2D eigenvalue weighted by molar-refractivity contribution is 9.10. The molecule has 0 aliphatic heterocycles. The van der Waals surface area contributed by atoms with E-state index < -0.39 is 0 Å². The normalized spacial score (nSPS) is 12.9. The molecule has 1 atom stereocenters. The highest BCUT2D eigenvalue weighted by Crippen LogP contribution is 2.17. The van der Waals surface area contributed by atoms with E-state index in [1.165, 1.54) is 0 Å². The van der Waals surface area contributed by atoms with Crippen molar-refractivity contribution in [3.63, 3.8) is 0 Å². The van der Waals surface area contributed by atoms with Crippen LogP contribution in [0.2, 0.25) is 0 Å². The molecule has 2 rings (SSSR count). The van der Waals surface area contributed by atoms with E-state index in [1.54, 1.807) is 6.20 Å². The third-order valence-electron chi connectivity index (χ3n) is 2.41. The van der Waals surface area contributed by atoms with Crippen LogP contribution in [0.15, 0.2) is 23.2 Å². The lowest BCUT2D eigenvalue weighted by molar-refractivity contribution is 0.699. The van der Waals surface area contributed by atoms with Gasteiger partial charge in [-0.3, -0.25) is 0 Å². The van der Waals surface area contributed by atoms with Crippen molar-refractivity contribution in [1.29, 1.82) is 0 Å². The van der Waals surface area contributed by atoms with Gasteiger partial charge in [-0.1, -0.05) is 6.92 Å². The van der Waals surface area contributed by atoms with Crippen LogP contribution < -0.4 is 5.32 Å². The predicted molar refractivity (Wildman–Crippen MR) is 76.7 cm³/mol. The largest absolute Gasteiger partial charge is 0.367 e. The number of anilines is 1. The third kappa shape index (κ3) is 3.13. The highest BCUT2D eigenvalue weighted by Gasteiger charge is 2.07. The van der Waals surface area contributed by atoms with Gasteiger partial charge in [0.25, 0.3) is 0 Å². The van der Waals surface area contributed by atoms with E-state index >= 15 is 0 Å². The van der Waals surface area contributed by atoms with Crippen molar-refractivity contribution in [2.75, 3.05) is 23.9 Å². The van der Waals surface area contributed by atoms with Crippen molar-refractivity contribution in [2.45, 2.75) is 6.92 Å². The Bertz CT molecular complexity index is 499. The van der Waals surface area contributed by atoms with Crippen LogP contribution in [-0.2, 0) is 0 Å². The van der Waals surface area contributed by atoms with Crippen molar-refractivity contribution < 1.29 is 0 Å². The molecule has 0 spiro atoms. The summed E-state index contributed by atoms with van der Waals surface area (Å²) < 4.78 is 2.77. The first-order chi connectivity index (χ1) is 8.20. The Balaban J connectivity index is 2.14. The van der Waals surface area contributed by atoms with Crippen LogP contribution in [0.4, 0.5) is 5.82 Å². The van der Waals surface area contributed by atoms with E-state index in [4.69, 9.17) is 0 Å². The minimum atomic E-state index is 0.612. The summed E-state index contributed by atoms with van der Waals surface area (Å²) in [5, 5.41) is 3.36. The Morgan fingerprint density at radius 2 is 2.41 bits per heavy atom. The van der Waals surface area contributed by atoms with Gasteiger partial charge in [-0.05, 0) is 33.9 Å². The second-order valence-electron chi connectivity index (χ2n) is 4.01. The lowest BCUT2D eigenvalue weighted by Gasteiger charge is -2.12. The number of nitrogens with one attached hydrogen (secondary N) is 1. The minimum Gasteiger partial charge on any atom is -0.367 e. The van der Waals surface area contributed by atoms with Crippen LogP contribution in [0.5, 0.6) is 0 Å². The molecule has 1 unspecified atom stereocenters. The molecule has 92 valence electrons. The van der Waals surface area contributed by atoms with E-state index in [0.29, 0.717) is 5.92 Å². The number of aromatic nitrogens is 3. The first-order valence-corrected chi connectivity index (χ1v) is 7.61. The Labute approximate surface area is 113 Å². The molecule has 2 heterocycles. The van der Waals surface area contributed by atoms with Gasteiger partial charge in [0.1, 0.15) is 4.60 Å². The van der Waals surface area contributed by atoms with Gasteiger partial charge in [0, 0.05) is 25.1 Å². The van der Waals surface area contributed by atoms with Crippen LogP contribution >= 0.6 is 27.7 Å². The summed E-state index contributed by atoms with van der Waals surface area (Å²) in [6.45, 7) is 3.14. The van der Waals surface area contributed by atoms with Gasteiger partial charge in [-0.25, -0.2) is 9.97 Å². The molecule has 0 aliphatic rings. The number of hydrogen-bond acceptors (Lipinski definition) is 4. The number of imidazole rings is 1. The lowest BCUT2D eigenvalue weighted by Crippen LogP contribution is -2.15. The van der Waals surface area contributed by atoms with Gasteiger partial charge in [0.2, 0.25) is 0 Å². The molecular weight excluding hydrogens is 300 g/mol. The van der Waals surface area contributed by atoms with Crippen molar-refractivity contribution in [1.82, 2.24) is 14.4 Å². The molecule has 1 N–H and O–H groups in total. The first kappa shape index (κ1) is 12.7. The Kier molecular flexibility index (Phi) is 4.28. The van der Waals surface area contributed by atoms with Gasteiger partial charge >= 0.3 is 0 Å². The number of halogens is 1. The number of thioether (sulfide) groups is 1. The molecule has 0 bridgehead atoms. The standard InChI is InChI=1S/C11H15BrN4S/c1-8(7-17-2)5-14-10-11-13-3-4-16(11)6-9(12)15-10/h3-4,6,8H,5,7H2,1-2H3,(H,14,15). The summed E-state index contributed by atoms with van der Waals surface area (Å²) in [5.74, 6) is 2.59.